The molecule has 2 aromatic rings. The van der Waals surface area contributed by atoms with E-state index in [1.54, 1.807) is 24.3 Å². The molecule has 0 fully saturated rings. The molecule has 0 unspecified atom stereocenters. The Balaban J connectivity index is 0.000000492. The molecule has 0 aliphatic carbocycles. The van der Waals surface area contributed by atoms with Gasteiger partial charge < -0.3 is 11.0 Å². The van der Waals surface area contributed by atoms with Gasteiger partial charge in [-0.3, -0.25) is 4.57 Å². The number of benzene rings is 2. The second kappa shape index (κ2) is 7.68. The molecule has 0 amide bonds. The van der Waals surface area contributed by atoms with Crippen LogP contribution in [0, 0.1) is 0 Å². The van der Waals surface area contributed by atoms with E-state index in [-0.39, 0.29) is 8.88 Å². The van der Waals surface area contributed by atoms with Gasteiger partial charge in [-0.1, -0.05) is 60.7 Å². The molecule has 0 radical (unpaired) electrons. The van der Waals surface area contributed by atoms with Gasteiger partial charge in [0, 0.05) is 19.5 Å². The topological polar surface area (TPSA) is 69.1 Å². The summed E-state index contributed by atoms with van der Waals surface area (Å²) in [5.41, 5.74) is 9.31. The molecule has 4 N–H and O–H groups in total. The highest BCUT2D eigenvalue weighted by atomic mass is 35.7. The molecule has 0 saturated heterocycles. The van der Waals surface area contributed by atoms with Crippen molar-refractivity contribution in [2.75, 3.05) is 0 Å². The average Bonchev–Trinajstić information content (AvgIpc) is 2.42. The Morgan fingerprint density at radius 2 is 1.11 bits per heavy atom. The van der Waals surface area contributed by atoms with Gasteiger partial charge >= 0.3 is 0 Å². The van der Waals surface area contributed by atoms with Crippen molar-refractivity contribution in [3.63, 3.8) is 0 Å². The molecule has 18 heavy (non-hydrogen) atoms. The zero-order valence-electron chi connectivity index (χ0n) is 9.66. The summed E-state index contributed by atoms with van der Waals surface area (Å²) < 4.78 is 12.4. The van der Waals surface area contributed by atoms with Crippen LogP contribution in [0.5, 0.6) is 0 Å². The fourth-order valence-corrected chi connectivity index (χ4v) is 3.47. The van der Waals surface area contributed by atoms with E-state index >= 15 is 0 Å². The van der Waals surface area contributed by atoms with Crippen LogP contribution in [0.15, 0.2) is 60.7 Å². The Kier molecular flexibility index (Phi) is 6.56. The van der Waals surface area contributed by atoms with E-state index in [4.69, 9.17) is 11.2 Å². The predicted octanol–water partition coefficient (Wildman–Crippen LogP) is 2.57. The molecular formula is C12H15ClN2OP2. The van der Waals surface area contributed by atoms with Crippen LogP contribution in [0.3, 0.4) is 0 Å². The predicted molar refractivity (Wildman–Crippen MR) is 82.3 cm³/mol. The summed E-state index contributed by atoms with van der Waals surface area (Å²) >= 11 is 6.14. The molecule has 0 aliphatic rings. The maximum Gasteiger partial charge on any atom is 0.225 e. The Hall–Kier alpha value is -0.690. The van der Waals surface area contributed by atoms with Crippen LogP contribution < -0.4 is 21.6 Å². The van der Waals surface area contributed by atoms with Crippen LogP contribution in [0.25, 0.3) is 0 Å². The molecular weight excluding hydrogens is 286 g/mol. The van der Waals surface area contributed by atoms with Crippen LogP contribution in [0.2, 0.25) is 0 Å². The Morgan fingerprint density at radius 3 is 1.39 bits per heavy atom. The minimum Gasteiger partial charge on any atom is -0.300 e. The third kappa shape index (κ3) is 4.20. The van der Waals surface area contributed by atoms with Crippen molar-refractivity contribution in [1.29, 1.82) is 0 Å². The van der Waals surface area contributed by atoms with Gasteiger partial charge in [0.05, 0.1) is 0 Å². The highest BCUT2D eigenvalue weighted by molar-refractivity contribution is 8.00. The molecule has 96 valence electrons. The number of rotatable bonds is 2. The van der Waals surface area contributed by atoms with E-state index in [1.807, 2.05) is 36.4 Å². The lowest BCUT2D eigenvalue weighted by Gasteiger charge is -2.10. The molecule has 0 aliphatic heterocycles. The lowest BCUT2D eigenvalue weighted by molar-refractivity contribution is 0.595. The SMILES string of the molecule is NPN.O=P(Cl)(c1ccccc1)c1ccccc1. The molecule has 6 heteroatoms. The Labute approximate surface area is 114 Å². The van der Waals surface area contributed by atoms with E-state index in [9.17, 15) is 4.57 Å². The fraction of sp³-hybridized carbons (Fsp3) is 0. The first-order valence-corrected chi connectivity index (χ1v) is 8.96. The Morgan fingerprint density at radius 1 is 0.833 bits per heavy atom. The van der Waals surface area contributed by atoms with E-state index in [0.29, 0.717) is 10.6 Å². The van der Waals surface area contributed by atoms with Crippen molar-refractivity contribution >= 4 is 37.2 Å². The summed E-state index contributed by atoms with van der Waals surface area (Å²) in [6, 6.07) is 18.3. The molecule has 3 nitrogen and oxygen atoms in total. The average molecular weight is 301 g/mol. The second-order valence-corrected chi connectivity index (χ2v) is 7.23. The van der Waals surface area contributed by atoms with Crippen molar-refractivity contribution in [2.45, 2.75) is 0 Å². The summed E-state index contributed by atoms with van der Waals surface area (Å²) in [6.07, 6.45) is 0. The fourth-order valence-electron chi connectivity index (χ4n) is 1.39. The molecule has 0 aromatic heterocycles. The van der Waals surface area contributed by atoms with Gasteiger partial charge in [0.1, 0.15) is 0 Å². The first kappa shape index (κ1) is 15.4. The summed E-state index contributed by atoms with van der Waals surface area (Å²) in [7, 11) is 0.0833. The maximum absolute atomic E-state index is 12.4. The molecule has 0 spiro atoms. The van der Waals surface area contributed by atoms with Crippen molar-refractivity contribution in [3.05, 3.63) is 60.7 Å². The van der Waals surface area contributed by atoms with Crippen molar-refractivity contribution in [3.8, 4) is 0 Å². The second-order valence-electron chi connectivity index (χ2n) is 3.37. The zero-order chi connectivity index (χ0) is 13.4. The van der Waals surface area contributed by atoms with Crippen LogP contribution >= 0.6 is 26.6 Å². The van der Waals surface area contributed by atoms with Crippen molar-refractivity contribution < 1.29 is 4.57 Å². The van der Waals surface area contributed by atoms with Crippen LogP contribution in [-0.4, -0.2) is 0 Å². The lowest BCUT2D eigenvalue weighted by Crippen LogP contribution is -2.11. The quantitative estimate of drug-likeness (QED) is 0.838. The first-order chi connectivity index (χ1) is 8.62. The summed E-state index contributed by atoms with van der Waals surface area (Å²) in [5.74, 6) is 0. The molecule has 2 rings (SSSR count). The number of hydrogen-bond acceptors (Lipinski definition) is 3. The van der Waals surface area contributed by atoms with Gasteiger partial charge in [-0.15, -0.1) is 0 Å². The Bertz CT molecular complexity index is 465. The zero-order valence-corrected chi connectivity index (χ0v) is 12.3. The van der Waals surface area contributed by atoms with Crippen molar-refractivity contribution in [1.82, 2.24) is 0 Å². The van der Waals surface area contributed by atoms with E-state index in [0.717, 1.165) is 0 Å². The largest absolute Gasteiger partial charge is 0.300 e. The number of halogens is 1. The molecule has 0 saturated carbocycles. The monoisotopic (exact) mass is 300 g/mol. The third-order valence-electron chi connectivity index (χ3n) is 2.18. The molecule has 0 heterocycles. The third-order valence-corrected chi connectivity index (χ3v) is 5.27. The normalized spacial score (nSPS) is 10.4. The van der Waals surface area contributed by atoms with Gasteiger partial charge in [-0.25, -0.2) is 0 Å². The van der Waals surface area contributed by atoms with Gasteiger partial charge in [0.25, 0.3) is 0 Å². The minimum atomic E-state index is -2.93. The van der Waals surface area contributed by atoms with Gasteiger partial charge in [0.15, 0.2) is 0 Å². The van der Waals surface area contributed by atoms with Gasteiger partial charge in [0.2, 0.25) is 6.49 Å². The van der Waals surface area contributed by atoms with Crippen LogP contribution in [0.1, 0.15) is 0 Å². The van der Waals surface area contributed by atoms with Crippen LogP contribution in [0.4, 0.5) is 0 Å². The lowest BCUT2D eigenvalue weighted by atomic mass is 10.4. The van der Waals surface area contributed by atoms with E-state index in [2.05, 4.69) is 11.0 Å². The maximum atomic E-state index is 12.4. The van der Waals surface area contributed by atoms with Crippen molar-refractivity contribution in [2.24, 2.45) is 11.0 Å². The highest BCUT2D eigenvalue weighted by Gasteiger charge is 2.23. The van der Waals surface area contributed by atoms with Gasteiger partial charge in [-0.2, -0.15) is 0 Å². The van der Waals surface area contributed by atoms with Gasteiger partial charge in [-0.05, 0) is 11.2 Å². The standard InChI is InChI=1S/C12H10ClOP.H5N2P/c13-15(14,11-7-3-1-4-8-11)12-9-5-2-6-10-12;1-3-2/h1-10H;3H,1-2H2. The number of nitrogens with two attached hydrogens (primary N) is 2. The number of hydrogen-bond donors (Lipinski definition) is 2. The smallest absolute Gasteiger partial charge is 0.225 e. The molecule has 0 bridgehead atoms. The first-order valence-electron chi connectivity index (χ1n) is 5.20. The summed E-state index contributed by atoms with van der Waals surface area (Å²) in [5, 5.41) is 1.36. The molecule has 2 aromatic carbocycles. The van der Waals surface area contributed by atoms with Crippen LogP contribution in [-0.2, 0) is 4.57 Å². The highest BCUT2D eigenvalue weighted by Crippen LogP contribution is 2.48. The van der Waals surface area contributed by atoms with E-state index < -0.39 is 6.49 Å². The minimum absolute atomic E-state index is 0.0833. The summed E-state index contributed by atoms with van der Waals surface area (Å²) in [4.78, 5) is 0. The molecule has 0 atom stereocenters. The van der Waals surface area contributed by atoms with E-state index in [1.165, 1.54) is 0 Å². The summed E-state index contributed by atoms with van der Waals surface area (Å²) in [6.45, 7) is -2.93.